The molecule has 0 atom stereocenters. The maximum Gasteiger partial charge on any atom is 0.135 e. The highest BCUT2D eigenvalue weighted by molar-refractivity contribution is 8.23. The zero-order valence-electron chi connectivity index (χ0n) is 9.12. The van der Waals surface area contributed by atoms with Crippen molar-refractivity contribution in [2.45, 2.75) is 28.7 Å². The minimum Gasteiger partial charge on any atom is -0.489 e. The van der Waals surface area contributed by atoms with Crippen molar-refractivity contribution in [3.63, 3.8) is 0 Å². The Kier molecular flexibility index (Phi) is 5.63. The zero-order valence-corrected chi connectivity index (χ0v) is 12.3. The van der Waals surface area contributed by atoms with Crippen LogP contribution in [0.25, 0.3) is 0 Å². The van der Waals surface area contributed by atoms with Crippen LogP contribution in [0.1, 0.15) is 12.8 Å². The summed E-state index contributed by atoms with van der Waals surface area (Å²) in [6.07, 6.45) is 2.34. The molecular formula is C11H13Cl2NOS2. The number of hydrogen-bond acceptors (Lipinski definition) is 4. The lowest BCUT2D eigenvalue weighted by Crippen LogP contribution is -2.34. The van der Waals surface area contributed by atoms with Crippen LogP contribution < -0.4 is 10.1 Å². The van der Waals surface area contributed by atoms with E-state index in [0.717, 1.165) is 52.4 Å². The molecule has 1 saturated heterocycles. The van der Waals surface area contributed by atoms with Gasteiger partial charge in [0.25, 0.3) is 0 Å². The Balaban J connectivity index is 2.13. The first kappa shape index (κ1) is 13.7. The monoisotopic (exact) mass is 309 g/mol. The van der Waals surface area contributed by atoms with E-state index in [9.17, 15) is 0 Å². The lowest BCUT2D eigenvalue weighted by molar-refractivity contribution is 0.158. The minimum atomic E-state index is 0.273. The number of piperidine rings is 1. The molecule has 94 valence electrons. The van der Waals surface area contributed by atoms with E-state index < -0.39 is 0 Å². The fourth-order valence-electron chi connectivity index (χ4n) is 1.82. The predicted molar refractivity (Wildman–Crippen MR) is 76.4 cm³/mol. The van der Waals surface area contributed by atoms with Gasteiger partial charge in [-0.05, 0) is 81.4 Å². The van der Waals surface area contributed by atoms with Crippen LogP contribution in [0.15, 0.2) is 28.0 Å². The molecular weight excluding hydrogens is 297 g/mol. The molecule has 1 aliphatic heterocycles. The van der Waals surface area contributed by atoms with Crippen molar-refractivity contribution in [1.82, 2.24) is 5.32 Å². The second kappa shape index (κ2) is 7.00. The molecule has 0 saturated carbocycles. The molecule has 2 rings (SSSR count). The van der Waals surface area contributed by atoms with Gasteiger partial charge in [0.1, 0.15) is 11.9 Å². The quantitative estimate of drug-likeness (QED) is 0.894. The molecule has 1 heterocycles. The third-order valence-corrected chi connectivity index (χ3v) is 4.86. The Hall–Kier alpha value is 0.260. The molecule has 0 aromatic heterocycles. The molecule has 17 heavy (non-hydrogen) atoms. The first-order valence-corrected chi connectivity index (χ1v) is 8.71. The van der Waals surface area contributed by atoms with E-state index in [1.54, 1.807) is 0 Å². The maximum absolute atomic E-state index is 6.00. The van der Waals surface area contributed by atoms with Gasteiger partial charge in [-0.2, -0.15) is 0 Å². The second-order valence-electron chi connectivity index (χ2n) is 3.80. The average Bonchev–Trinajstić information content (AvgIpc) is 2.39. The molecule has 0 radical (unpaired) electrons. The highest BCUT2D eigenvalue weighted by atomic mass is 35.7. The topological polar surface area (TPSA) is 21.3 Å². The van der Waals surface area contributed by atoms with Crippen LogP contribution in [0.3, 0.4) is 0 Å². The normalized spacial score (nSPS) is 17.1. The minimum absolute atomic E-state index is 0.273. The van der Waals surface area contributed by atoms with Crippen LogP contribution in [0.5, 0.6) is 5.75 Å². The van der Waals surface area contributed by atoms with Gasteiger partial charge in [0.15, 0.2) is 0 Å². The molecule has 2 nitrogen and oxygen atoms in total. The number of halogens is 2. The van der Waals surface area contributed by atoms with Gasteiger partial charge >= 0.3 is 0 Å². The van der Waals surface area contributed by atoms with Gasteiger partial charge in [0.2, 0.25) is 0 Å². The number of rotatable bonds is 4. The Morgan fingerprint density at radius 1 is 1.18 bits per heavy atom. The van der Waals surface area contributed by atoms with Crippen LogP contribution in [0.2, 0.25) is 0 Å². The van der Waals surface area contributed by atoms with Crippen molar-refractivity contribution in [2.24, 2.45) is 0 Å². The molecule has 1 fully saturated rings. The van der Waals surface area contributed by atoms with E-state index in [-0.39, 0.29) is 6.10 Å². The van der Waals surface area contributed by atoms with Crippen LogP contribution >= 0.6 is 43.3 Å². The summed E-state index contributed by atoms with van der Waals surface area (Å²) in [5, 5.41) is 3.32. The Morgan fingerprint density at radius 2 is 1.94 bits per heavy atom. The fourth-order valence-corrected chi connectivity index (χ4v) is 3.84. The van der Waals surface area contributed by atoms with Crippen LogP contribution in [-0.2, 0) is 0 Å². The molecule has 0 unspecified atom stereocenters. The van der Waals surface area contributed by atoms with Crippen molar-refractivity contribution < 1.29 is 4.74 Å². The van der Waals surface area contributed by atoms with Crippen LogP contribution in [-0.4, -0.2) is 19.2 Å². The zero-order chi connectivity index (χ0) is 12.1. The Labute approximate surface area is 119 Å². The van der Waals surface area contributed by atoms with E-state index in [4.69, 9.17) is 26.1 Å². The second-order valence-corrected chi connectivity index (χ2v) is 5.89. The summed E-state index contributed by atoms with van der Waals surface area (Å²) < 4.78 is 6.00. The van der Waals surface area contributed by atoms with Crippen molar-refractivity contribution >= 4 is 43.3 Å². The summed E-state index contributed by atoms with van der Waals surface area (Å²) >= 11 is 0. The van der Waals surface area contributed by atoms with Crippen LogP contribution in [0, 0.1) is 0 Å². The number of nitrogens with one attached hydrogen (secondary N) is 1. The highest BCUT2D eigenvalue weighted by Gasteiger charge is 2.17. The first-order chi connectivity index (χ1) is 8.35. The molecule has 0 bridgehead atoms. The third kappa shape index (κ3) is 3.61. The molecule has 1 aromatic rings. The molecule has 1 aliphatic rings. The molecule has 0 aliphatic carbocycles. The van der Waals surface area contributed by atoms with Crippen LogP contribution in [0.4, 0.5) is 0 Å². The maximum atomic E-state index is 6.00. The van der Waals surface area contributed by atoms with Gasteiger partial charge < -0.3 is 10.1 Å². The van der Waals surface area contributed by atoms with E-state index in [0.29, 0.717) is 0 Å². The lowest BCUT2D eigenvalue weighted by atomic mass is 10.1. The Bertz CT molecular complexity index is 372. The van der Waals surface area contributed by atoms with E-state index in [2.05, 4.69) is 5.32 Å². The summed E-state index contributed by atoms with van der Waals surface area (Å²) in [4.78, 5) is 1.85. The Morgan fingerprint density at radius 3 is 2.59 bits per heavy atom. The van der Waals surface area contributed by atoms with E-state index in [1.807, 2.05) is 18.2 Å². The van der Waals surface area contributed by atoms with Gasteiger partial charge in [-0.15, -0.1) is 0 Å². The fraction of sp³-hybridized carbons (Fsp3) is 0.455. The van der Waals surface area contributed by atoms with Crippen molar-refractivity contribution in [3.8, 4) is 5.75 Å². The first-order valence-electron chi connectivity index (χ1n) is 5.42. The average molecular weight is 310 g/mol. The summed E-state index contributed by atoms with van der Waals surface area (Å²) in [7, 11) is 14.0. The highest BCUT2D eigenvalue weighted by Crippen LogP contribution is 2.41. The molecule has 6 heteroatoms. The summed E-state index contributed by atoms with van der Waals surface area (Å²) in [6, 6.07) is 5.83. The SMILES string of the molecule is ClSc1cccc(OC2CCNCC2)c1SCl. The summed E-state index contributed by atoms with van der Waals surface area (Å²) in [5.74, 6) is 0.836. The molecule has 1 N–H and O–H groups in total. The predicted octanol–water partition coefficient (Wildman–Crippen LogP) is 4.31. The largest absolute Gasteiger partial charge is 0.489 e. The molecule has 0 spiro atoms. The van der Waals surface area contributed by atoms with Gasteiger partial charge in [-0.25, -0.2) is 0 Å². The van der Waals surface area contributed by atoms with Gasteiger partial charge in [-0.3, -0.25) is 0 Å². The van der Waals surface area contributed by atoms with Crippen molar-refractivity contribution in [1.29, 1.82) is 0 Å². The standard InChI is InChI=1S/C11H13Cl2NOS2/c12-16-10-3-1-2-9(11(10)17-13)15-8-4-6-14-7-5-8/h1-3,8,14H,4-7H2. The lowest BCUT2D eigenvalue weighted by Gasteiger charge is -2.24. The molecule has 1 aromatic carbocycles. The summed E-state index contributed by atoms with van der Waals surface area (Å²) in [6.45, 7) is 2.02. The summed E-state index contributed by atoms with van der Waals surface area (Å²) in [5.41, 5.74) is 0. The van der Waals surface area contributed by atoms with Crippen molar-refractivity contribution in [2.75, 3.05) is 13.1 Å². The third-order valence-electron chi connectivity index (χ3n) is 2.68. The van der Waals surface area contributed by atoms with Gasteiger partial charge in [0.05, 0.1) is 4.90 Å². The van der Waals surface area contributed by atoms with Crippen molar-refractivity contribution in [3.05, 3.63) is 18.2 Å². The van der Waals surface area contributed by atoms with E-state index >= 15 is 0 Å². The van der Waals surface area contributed by atoms with E-state index in [1.165, 1.54) is 11.0 Å². The number of hydrogen-bond donors (Lipinski definition) is 1. The van der Waals surface area contributed by atoms with Gasteiger partial charge in [-0.1, -0.05) is 6.07 Å². The number of ether oxygens (including phenoxy) is 1. The van der Waals surface area contributed by atoms with Gasteiger partial charge in [0, 0.05) is 4.90 Å². The molecule has 0 amide bonds. The smallest absolute Gasteiger partial charge is 0.135 e. The number of benzene rings is 1.